The molecule has 0 heterocycles. The van der Waals surface area contributed by atoms with Crippen LogP contribution in [0.4, 0.5) is 4.79 Å². The molecule has 1 atom stereocenters. The van der Waals surface area contributed by atoms with Crippen molar-refractivity contribution in [2.75, 3.05) is 7.11 Å². The number of carboxylic acid groups (broad SMARTS) is 1. The summed E-state index contributed by atoms with van der Waals surface area (Å²) in [6.07, 6.45) is -0.742. The Morgan fingerprint density at radius 2 is 1.45 bits per heavy atom. The Morgan fingerprint density at radius 1 is 0.931 bits per heavy atom. The molecule has 29 heavy (non-hydrogen) atoms. The summed E-state index contributed by atoms with van der Waals surface area (Å²) in [6.45, 7) is 0. The van der Waals surface area contributed by atoms with E-state index < -0.39 is 24.1 Å². The number of nitrogens with zero attached hydrogens (tertiary/aromatic N) is 1. The number of carbonyl (C=O) groups excluding carboxylic acids is 1. The second kappa shape index (κ2) is 7.60. The Balaban J connectivity index is 1.96. The van der Waals surface area contributed by atoms with Gasteiger partial charge < -0.3 is 9.84 Å². The van der Waals surface area contributed by atoms with Gasteiger partial charge in [0.15, 0.2) is 6.04 Å². The van der Waals surface area contributed by atoms with Crippen LogP contribution in [-0.4, -0.2) is 29.2 Å². The molecule has 0 saturated carbocycles. The SMILES string of the molecule is COC(=O)N(C1c2ccccc2-c2ccccc21)[C@@H](C(=O)O)c1ccccc1Cl. The fourth-order valence-electron chi connectivity index (χ4n) is 3.99. The average molecular weight is 408 g/mol. The summed E-state index contributed by atoms with van der Waals surface area (Å²) in [7, 11) is 1.24. The van der Waals surface area contributed by atoms with Crippen molar-refractivity contribution in [2.45, 2.75) is 12.1 Å². The summed E-state index contributed by atoms with van der Waals surface area (Å²) in [6, 6.07) is 20.0. The van der Waals surface area contributed by atoms with Gasteiger partial charge in [0.05, 0.1) is 13.2 Å². The van der Waals surface area contributed by atoms with Crippen molar-refractivity contribution in [3.05, 3.63) is 94.5 Å². The summed E-state index contributed by atoms with van der Waals surface area (Å²) in [5.74, 6) is -1.19. The Kier molecular flexibility index (Phi) is 4.99. The van der Waals surface area contributed by atoms with Crippen molar-refractivity contribution in [3.63, 3.8) is 0 Å². The van der Waals surface area contributed by atoms with Crippen molar-refractivity contribution in [2.24, 2.45) is 0 Å². The molecule has 6 heteroatoms. The molecule has 3 aromatic rings. The monoisotopic (exact) mass is 407 g/mol. The van der Waals surface area contributed by atoms with E-state index in [0.29, 0.717) is 5.56 Å². The molecule has 3 aromatic carbocycles. The van der Waals surface area contributed by atoms with Gasteiger partial charge in [0.25, 0.3) is 0 Å². The largest absolute Gasteiger partial charge is 0.479 e. The molecule has 146 valence electrons. The number of ether oxygens (including phenoxy) is 1. The molecule has 1 amide bonds. The van der Waals surface area contributed by atoms with Gasteiger partial charge in [-0.15, -0.1) is 0 Å². The first-order valence-corrected chi connectivity index (χ1v) is 9.44. The Bertz CT molecular complexity index is 1050. The summed E-state index contributed by atoms with van der Waals surface area (Å²) in [4.78, 5) is 26.6. The van der Waals surface area contributed by atoms with Crippen molar-refractivity contribution < 1.29 is 19.4 Å². The summed E-state index contributed by atoms with van der Waals surface area (Å²) in [5.41, 5.74) is 3.94. The minimum absolute atomic E-state index is 0.272. The van der Waals surface area contributed by atoms with Crippen LogP contribution < -0.4 is 0 Å². The minimum Gasteiger partial charge on any atom is -0.479 e. The number of amides is 1. The Hall–Kier alpha value is -3.31. The second-order valence-corrected chi connectivity index (χ2v) is 7.12. The van der Waals surface area contributed by atoms with E-state index in [-0.39, 0.29) is 5.02 Å². The molecule has 0 spiro atoms. The maximum atomic E-state index is 12.9. The van der Waals surface area contributed by atoms with Crippen LogP contribution in [0, 0.1) is 0 Å². The first-order valence-electron chi connectivity index (χ1n) is 9.06. The van der Waals surface area contributed by atoms with Crippen LogP contribution in [0.15, 0.2) is 72.8 Å². The molecule has 1 aliphatic rings. The van der Waals surface area contributed by atoms with E-state index in [1.165, 1.54) is 12.0 Å². The van der Waals surface area contributed by atoms with Crippen LogP contribution in [0.5, 0.6) is 0 Å². The first kappa shape index (κ1) is 19.0. The average Bonchev–Trinajstić information content (AvgIpc) is 3.06. The minimum atomic E-state index is -1.32. The van der Waals surface area contributed by atoms with E-state index in [2.05, 4.69) is 0 Å². The molecule has 4 rings (SSSR count). The maximum Gasteiger partial charge on any atom is 0.411 e. The lowest BCUT2D eigenvalue weighted by atomic mass is 9.98. The summed E-state index contributed by atoms with van der Waals surface area (Å²) >= 11 is 6.32. The molecule has 0 fully saturated rings. The number of aliphatic carboxylic acids is 1. The number of carboxylic acids is 1. The van der Waals surface area contributed by atoms with Gasteiger partial charge in [0.1, 0.15) is 0 Å². The van der Waals surface area contributed by atoms with E-state index in [9.17, 15) is 14.7 Å². The van der Waals surface area contributed by atoms with Crippen molar-refractivity contribution in [1.82, 2.24) is 4.90 Å². The molecule has 0 radical (unpaired) electrons. The van der Waals surface area contributed by atoms with Crippen LogP contribution in [0.3, 0.4) is 0 Å². The van der Waals surface area contributed by atoms with Crippen LogP contribution in [0.1, 0.15) is 28.8 Å². The zero-order valence-electron chi connectivity index (χ0n) is 15.6. The molecule has 5 nitrogen and oxygen atoms in total. The third-order valence-corrected chi connectivity index (χ3v) is 5.52. The molecule has 0 aromatic heterocycles. The Labute approximate surface area is 173 Å². The standard InChI is InChI=1S/C23H18ClNO4/c1-29-23(28)25(21(22(26)27)18-12-6-7-13-19(18)24)20-16-10-4-2-8-14(16)15-9-3-5-11-17(15)20/h2-13,20-21H,1H3,(H,26,27)/t21-/m1/s1. The summed E-state index contributed by atoms with van der Waals surface area (Å²) in [5, 5.41) is 10.4. The molecular formula is C23H18ClNO4. The molecule has 0 saturated heterocycles. The normalized spacial score (nSPS) is 13.3. The van der Waals surface area contributed by atoms with E-state index in [0.717, 1.165) is 22.3 Å². The van der Waals surface area contributed by atoms with Crippen molar-refractivity contribution in [1.29, 1.82) is 0 Å². The first-order chi connectivity index (χ1) is 14.0. The number of hydrogen-bond donors (Lipinski definition) is 1. The number of fused-ring (bicyclic) bond motifs is 3. The van der Waals surface area contributed by atoms with E-state index in [1.807, 2.05) is 48.5 Å². The number of rotatable bonds is 4. The van der Waals surface area contributed by atoms with Crippen LogP contribution >= 0.6 is 11.6 Å². The van der Waals surface area contributed by atoms with Crippen LogP contribution in [-0.2, 0) is 9.53 Å². The molecule has 0 bridgehead atoms. The number of methoxy groups -OCH3 is 1. The van der Waals surface area contributed by atoms with Crippen molar-refractivity contribution in [3.8, 4) is 11.1 Å². The lowest BCUT2D eigenvalue weighted by molar-refractivity contribution is -0.143. The highest BCUT2D eigenvalue weighted by molar-refractivity contribution is 6.31. The van der Waals surface area contributed by atoms with Gasteiger partial charge in [0.2, 0.25) is 0 Å². The number of hydrogen-bond acceptors (Lipinski definition) is 3. The Morgan fingerprint density at radius 3 is 1.97 bits per heavy atom. The molecule has 0 unspecified atom stereocenters. The number of halogens is 1. The van der Waals surface area contributed by atoms with Crippen LogP contribution in [0.25, 0.3) is 11.1 Å². The zero-order valence-corrected chi connectivity index (χ0v) is 16.3. The highest BCUT2D eigenvalue weighted by atomic mass is 35.5. The maximum absolute atomic E-state index is 12.9. The number of carbonyl (C=O) groups is 2. The van der Waals surface area contributed by atoms with Gasteiger partial charge in [-0.2, -0.15) is 0 Å². The van der Waals surface area contributed by atoms with Gasteiger partial charge in [-0.1, -0.05) is 78.3 Å². The van der Waals surface area contributed by atoms with Gasteiger partial charge >= 0.3 is 12.1 Å². The predicted molar refractivity (Wildman–Crippen MR) is 110 cm³/mol. The van der Waals surface area contributed by atoms with Crippen molar-refractivity contribution >= 4 is 23.7 Å². The number of benzene rings is 3. The second-order valence-electron chi connectivity index (χ2n) is 6.72. The highest BCUT2D eigenvalue weighted by Gasteiger charge is 2.43. The smallest absolute Gasteiger partial charge is 0.411 e. The van der Waals surface area contributed by atoms with Gasteiger partial charge in [-0.25, -0.2) is 9.59 Å². The van der Waals surface area contributed by atoms with E-state index >= 15 is 0 Å². The quantitative estimate of drug-likeness (QED) is 0.636. The predicted octanol–water partition coefficient (Wildman–Crippen LogP) is 5.30. The van der Waals surface area contributed by atoms with Gasteiger partial charge in [0, 0.05) is 10.6 Å². The topological polar surface area (TPSA) is 66.8 Å². The third-order valence-electron chi connectivity index (χ3n) is 5.18. The van der Waals surface area contributed by atoms with E-state index in [4.69, 9.17) is 16.3 Å². The molecule has 1 aliphatic carbocycles. The summed E-state index contributed by atoms with van der Waals surface area (Å²) < 4.78 is 5.03. The molecular weight excluding hydrogens is 390 g/mol. The fourth-order valence-corrected chi connectivity index (χ4v) is 4.23. The lowest BCUT2D eigenvalue weighted by Crippen LogP contribution is -2.41. The fraction of sp³-hybridized carbons (Fsp3) is 0.130. The lowest BCUT2D eigenvalue weighted by Gasteiger charge is -2.34. The van der Waals surface area contributed by atoms with E-state index in [1.54, 1.807) is 24.3 Å². The van der Waals surface area contributed by atoms with Gasteiger partial charge in [-0.3, -0.25) is 4.90 Å². The highest BCUT2D eigenvalue weighted by Crippen LogP contribution is 2.49. The van der Waals surface area contributed by atoms with Gasteiger partial charge in [-0.05, 0) is 28.3 Å². The molecule has 1 N–H and O–H groups in total. The molecule has 0 aliphatic heterocycles. The van der Waals surface area contributed by atoms with Crippen LogP contribution in [0.2, 0.25) is 5.02 Å². The third kappa shape index (κ3) is 3.13. The zero-order chi connectivity index (χ0) is 20.5.